The predicted octanol–water partition coefficient (Wildman–Crippen LogP) is -0.294. The van der Waals surface area contributed by atoms with E-state index in [0.29, 0.717) is 12.3 Å². The molecule has 0 saturated carbocycles. The topological polar surface area (TPSA) is 70.1 Å². The highest BCUT2D eigenvalue weighted by Crippen LogP contribution is 2.20. The second-order valence-electron chi connectivity index (χ2n) is 3.30. The molecule has 4 heteroatoms. The van der Waals surface area contributed by atoms with Crippen molar-refractivity contribution in [3.63, 3.8) is 0 Å². The molecule has 4 nitrogen and oxygen atoms in total. The molecule has 0 aromatic carbocycles. The van der Waals surface area contributed by atoms with E-state index in [9.17, 15) is 4.79 Å². The number of primary amides is 1. The molecule has 1 aliphatic rings. The molecule has 0 aliphatic carbocycles. The molecule has 1 fully saturated rings. The summed E-state index contributed by atoms with van der Waals surface area (Å²) < 4.78 is 0. The maximum absolute atomic E-state index is 10.5. The predicted molar refractivity (Wildman–Crippen MR) is 43.9 cm³/mol. The van der Waals surface area contributed by atoms with Crippen molar-refractivity contribution in [2.24, 2.45) is 11.7 Å². The number of nitrogens with zero attached hydrogens (tertiary/aromatic N) is 2. The zero-order chi connectivity index (χ0) is 9.14. The molecule has 1 saturated heterocycles. The van der Waals surface area contributed by atoms with Crippen LogP contribution in [0.1, 0.15) is 13.3 Å². The number of rotatable bonds is 3. The summed E-state index contributed by atoms with van der Waals surface area (Å²) in [6, 6.07) is 2.12. The molecule has 0 aromatic heterocycles. The van der Waals surface area contributed by atoms with Crippen molar-refractivity contribution in [2.75, 3.05) is 13.1 Å². The van der Waals surface area contributed by atoms with E-state index in [0.717, 1.165) is 13.1 Å². The zero-order valence-electron chi connectivity index (χ0n) is 7.16. The average molecular weight is 167 g/mol. The summed E-state index contributed by atoms with van der Waals surface area (Å²) in [7, 11) is 0. The molecule has 12 heavy (non-hydrogen) atoms. The van der Waals surface area contributed by atoms with Crippen LogP contribution >= 0.6 is 0 Å². The number of hydrogen-bond donors (Lipinski definition) is 1. The van der Waals surface area contributed by atoms with Crippen molar-refractivity contribution >= 4 is 5.91 Å². The van der Waals surface area contributed by atoms with E-state index in [1.54, 1.807) is 0 Å². The summed E-state index contributed by atoms with van der Waals surface area (Å²) in [5, 5.41) is 8.56. The summed E-state index contributed by atoms with van der Waals surface area (Å²) in [6.07, 6.45) is 0.453. The van der Waals surface area contributed by atoms with Crippen LogP contribution in [0.25, 0.3) is 0 Å². The Labute approximate surface area is 71.9 Å². The molecule has 1 atom stereocenters. The van der Waals surface area contributed by atoms with Crippen LogP contribution in [0.2, 0.25) is 0 Å². The van der Waals surface area contributed by atoms with Gasteiger partial charge in [0.25, 0.3) is 0 Å². The van der Waals surface area contributed by atoms with Crippen LogP contribution in [0, 0.1) is 17.2 Å². The standard InChI is InChI=1S/C8H13N3O/c1-6(3-9)11-4-7(5-11)2-8(10)12/h6-7H,2,4-5H2,1H3,(H2,10,12). The van der Waals surface area contributed by atoms with Gasteiger partial charge in [0, 0.05) is 19.5 Å². The van der Waals surface area contributed by atoms with Crippen LogP contribution in [-0.2, 0) is 4.79 Å². The van der Waals surface area contributed by atoms with Crippen LogP contribution in [0.15, 0.2) is 0 Å². The van der Waals surface area contributed by atoms with E-state index in [1.807, 2.05) is 11.8 Å². The first-order valence-corrected chi connectivity index (χ1v) is 4.05. The third kappa shape index (κ3) is 1.95. The number of nitriles is 1. The maximum atomic E-state index is 10.5. The summed E-state index contributed by atoms with van der Waals surface area (Å²) in [4.78, 5) is 12.5. The van der Waals surface area contributed by atoms with Gasteiger partial charge in [-0.1, -0.05) is 0 Å². The van der Waals surface area contributed by atoms with Crippen LogP contribution in [-0.4, -0.2) is 29.9 Å². The third-order valence-corrected chi connectivity index (χ3v) is 2.21. The molecule has 2 N–H and O–H groups in total. The molecule has 0 aromatic rings. The first-order valence-electron chi connectivity index (χ1n) is 4.05. The summed E-state index contributed by atoms with van der Waals surface area (Å²) in [6.45, 7) is 3.52. The van der Waals surface area contributed by atoms with Crippen molar-refractivity contribution in [1.29, 1.82) is 5.26 Å². The van der Waals surface area contributed by atoms with Gasteiger partial charge in [-0.3, -0.25) is 9.69 Å². The lowest BCUT2D eigenvalue weighted by Gasteiger charge is -2.40. The van der Waals surface area contributed by atoms with Gasteiger partial charge in [-0.2, -0.15) is 5.26 Å². The first-order chi connectivity index (χ1) is 5.63. The Morgan fingerprint density at radius 1 is 1.83 bits per heavy atom. The monoisotopic (exact) mass is 167 g/mol. The van der Waals surface area contributed by atoms with Crippen LogP contribution in [0.5, 0.6) is 0 Å². The lowest BCUT2D eigenvalue weighted by molar-refractivity contribution is -0.120. The Morgan fingerprint density at radius 3 is 2.83 bits per heavy atom. The number of carbonyl (C=O) groups excluding carboxylic acids is 1. The smallest absolute Gasteiger partial charge is 0.217 e. The Morgan fingerprint density at radius 2 is 2.42 bits per heavy atom. The second kappa shape index (κ2) is 3.55. The fourth-order valence-electron chi connectivity index (χ4n) is 1.42. The van der Waals surface area contributed by atoms with Gasteiger partial charge < -0.3 is 5.73 Å². The van der Waals surface area contributed by atoms with Crippen LogP contribution < -0.4 is 5.73 Å². The highest BCUT2D eigenvalue weighted by molar-refractivity contribution is 5.74. The Balaban J connectivity index is 2.21. The number of carbonyl (C=O) groups is 1. The number of nitrogens with two attached hydrogens (primary N) is 1. The largest absolute Gasteiger partial charge is 0.370 e. The van der Waals surface area contributed by atoms with Crippen LogP contribution in [0.3, 0.4) is 0 Å². The van der Waals surface area contributed by atoms with Crippen molar-refractivity contribution in [3.05, 3.63) is 0 Å². The molecule has 1 aliphatic heterocycles. The minimum atomic E-state index is -0.246. The quantitative estimate of drug-likeness (QED) is 0.627. The minimum absolute atomic E-state index is 0.0332. The SMILES string of the molecule is CC(C#N)N1CC(CC(N)=O)C1. The molecular formula is C8H13N3O. The first kappa shape index (κ1) is 9.01. The van der Waals surface area contributed by atoms with Crippen molar-refractivity contribution < 1.29 is 4.79 Å². The molecule has 66 valence electrons. The van der Waals surface area contributed by atoms with Gasteiger partial charge in [-0.05, 0) is 12.8 Å². The molecule has 0 radical (unpaired) electrons. The minimum Gasteiger partial charge on any atom is -0.370 e. The Bertz CT molecular complexity index is 215. The summed E-state index contributed by atoms with van der Waals surface area (Å²) >= 11 is 0. The van der Waals surface area contributed by atoms with Gasteiger partial charge in [-0.25, -0.2) is 0 Å². The molecule has 1 amide bonds. The number of hydrogen-bond acceptors (Lipinski definition) is 3. The van der Waals surface area contributed by atoms with Crippen molar-refractivity contribution in [1.82, 2.24) is 4.90 Å². The fraction of sp³-hybridized carbons (Fsp3) is 0.750. The lowest BCUT2D eigenvalue weighted by Crippen LogP contribution is -2.51. The Kier molecular flexibility index (Phi) is 2.66. The molecule has 1 unspecified atom stereocenters. The summed E-state index contributed by atoms with van der Waals surface area (Å²) in [5.41, 5.74) is 5.03. The highest BCUT2D eigenvalue weighted by Gasteiger charge is 2.30. The average Bonchev–Trinajstić information content (AvgIpc) is 1.94. The van der Waals surface area contributed by atoms with Gasteiger partial charge in [0.2, 0.25) is 5.91 Å². The fourth-order valence-corrected chi connectivity index (χ4v) is 1.42. The van der Waals surface area contributed by atoms with Crippen LogP contribution in [0.4, 0.5) is 0 Å². The Hall–Kier alpha value is -1.08. The molecule has 1 heterocycles. The number of likely N-dealkylation sites (tertiary alicyclic amines) is 1. The van der Waals surface area contributed by atoms with E-state index < -0.39 is 0 Å². The van der Waals surface area contributed by atoms with Gasteiger partial charge in [-0.15, -0.1) is 0 Å². The summed E-state index contributed by atoms with van der Waals surface area (Å²) in [5.74, 6) is 0.127. The van der Waals surface area contributed by atoms with Gasteiger partial charge >= 0.3 is 0 Å². The van der Waals surface area contributed by atoms with Gasteiger partial charge in [0.05, 0.1) is 12.1 Å². The lowest BCUT2D eigenvalue weighted by atomic mass is 9.94. The van der Waals surface area contributed by atoms with Gasteiger partial charge in [0.1, 0.15) is 0 Å². The third-order valence-electron chi connectivity index (χ3n) is 2.21. The van der Waals surface area contributed by atoms with E-state index in [-0.39, 0.29) is 11.9 Å². The highest BCUT2D eigenvalue weighted by atomic mass is 16.1. The van der Waals surface area contributed by atoms with E-state index >= 15 is 0 Å². The van der Waals surface area contributed by atoms with E-state index in [4.69, 9.17) is 11.0 Å². The molecule has 0 bridgehead atoms. The van der Waals surface area contributed by atoms with E-state index in [2.05, 4.69) is 6.07 Å². The van der Waals surface area contributed by atoms with Gasteiger partial charge in [0.15, 0.2) is 0 Å². The zero-order valence-corrected chi connectivity index (χ0v) is 7.16. The normalized spacial score (nSPS) is 21.0. The molecule has 0 spiro atoms. The van der Waals surface area contributed by atoms with Crippen molar-refractivity contribution in [3.8, 4) is 6.07 Å². The molecule has 1 rings (SSSR count). The van der Waals surface area contributed by atoms with Crippen molar-refractivity contribution in [2.45, 2.75) is 19.4 Å². The van der Waals surface area contributed by atoms with E-state index in [1.165, 1.54) is 0 Å². The maximum Gasteiger partial charge on any atom is 0.217 e. The molecular weight excluding hydrogens is 154 g/mol. The second-order valence-corrected chi connectivity index (χ2v) is 3.30. The number of amides is 1.